The summed E-state index contributed by atoms with van der Waals surface area (Å²) in [4.78, 5) is 20.9. The van der Waals surface area contributed by atoms with Gasteiger partial charge in [0.15, 0.2) is 6.17 Å². The highest BCUT2D eigenvalue weighted by atomic mass is 19.1. The van der Waals surface area contributed by atoms with Gasteiger partial charge in [-0.2, -0.15) is 5.10 Å². The van der Waals surface area contributed by atoms with Crippen LogP contribution < -0.4 is 5.32 Å². The van der Waals surface area contributed by atoms with Crippen molar-refractivity contribution in [2.75, 3.05) is 19.6 Å². The first-order chi connectivity index (χ1) is 15.0. The van der Waals surface area contributed by atoms with E-state index in [0.29, 0.717) is 43.9 Å². The molecular weight excluding hydrogens is 406 g/mol. The van der Waals surface area contributed by atoms with Gasteiger partial charge in [0.1, 0.15) is 23.5 Å². The highest BCUT2D eigenvalue weighted by molar-refractivity contribution is 5.95. The summed E-state index contributed by atoms with van der Waals surface area (Å²) in [5.74, 6) is -0.231. The van der Waals surface area contributed by atoms with Gasteiger partial charge < -0.3 is 20.2 Å². The summed E-state index contributed by atoms with van der Waals surface area (Å²) in [6.07, 6.45) is 6.41. The standard InChI is InChI=1S/C21H24F2N6O2/c22-13-3-4-16(23)15(10-13)18-2-1-7-28(18)19-6-9-29-20(26-19)17(11-24-29)25-21(31)27-8-5-14(30)12-27/h3-4,6,9-11,14,17-18,20,30H,1-2,5,7-8,12H2,(H,25,31)/t14-,17?,18-,20?/m1/s1. The third kappa shape index (κ3) is 3.76. The number of amides is 2. The first-order valence-electron chi connectivity index (χ1n) is 10.5. The highest BCUT2D eigenvalue weighted by Crippen LogP contribution is 2.35. The lowest BCUT2D eigenvalue weighted by atomic mass is 10.0. The minimum Gasteiger partial charge on any atom is -0.391 e. The third-order valence-electron chi connectivity index (χ3n) is 6.20. The molecule has 2 N–H and O–H groups in total. The summed E-state index contributed by atoms with van der Waals surface area (Å²) in [6.45, 7) is 1.50. The summed E-state index contributed by atoms with van der Waals surface area (Å²) < 4.78 is 28.2. The van der Waals surface area contributed by atoms with Gasteiger partial charge in [-0.25, -0.2) is 23.6 Å². The number of benzene rings is 1. The summed E-state index contributed by atoms with van der Waals surface area (Å²) >= 11 is 0. The molecule has 0 spiro atoms. The van der Waals surface area contributed by atoms with E-state index >= 15 is 0 Å². The molecule has 0 aliphatic carbocycles. The number of nitrogens with zero attached hydrogens (tertiary/aromatic N) is 5. The second-order valence-corrected chi connectivity index (χ2v) is 8.24. The van der Waals surface area contributed by atoms with Gasteiger partial charge in [0.25, 0.3) is 0 Å². The van der Waals surface area contributed by atoms with Crippen LogP contribution in [0.25, 0.3) is 0 Å². The lowest BCUT2D eigenvalue weighted by Gasteiger charge is -2.32. The second-order valence-electron chi connectivity index (χ2n) is 8.24. The number of hydrazone groups is 1. The Balaban J connectivity index is 1.33. The lowest BCUT2D eigenvalue weighted by Crippen LogP contribution is -2.51. The molecule has 2 unspecified atom stereocenters. The number of hydrogen-bond acceptors (Lipinski definition) is 6. The van der Waals surface area contributed by atoms with Crippen LogP contribution >= 0.6 is 0 Å². The molecule has 4 aliphatic rings. The number of nitrogens with one attached hydrogen (secondary N) is 1. The fraction of sp³-hybridized carbons (Fsp3) is 0.476. The van der Waals surface area contributed by atoms with Crippen molar-refractivity contribution < 1.29 is 18.7 Å². The predicted molar refractivity (Wildman–Crippen MR) is 110 cm³/mol. The number of fused-ring (bicyclic) bond motifs is 1. The fourth-order valence-corrected chi connectivity index (χ4v) is 4.62. The van der Waals surface area contributed by atoms with Crippen LogP contribution in [0.1, 0.15) is 30.9 Å². The maximum Gasteiger partial charge on any atom is 0.318 e. The molecule has 8 nitrogen and oxygen atoms in total. The first-order valence-corrected chi connectivity index (χ1v) is 10.5. The largest absolute Gasteiger partial charge is 0.391 e. The van der Waals surface area contributed by atoms with Crippen LogP contribution in [0.15, 0.2) is 40.6 Å². The van der Waals surface area contributed by atoms with E-state index in [1.807, 2.05) is 11.0 Å². The molecule has 2 fully saturated rings. The minimum absolute atomic E-state index is 0.262. The summed E-state index contributed by atoms with van der Waals surface area (Å²) in [5.41, 5.74) is 0.330. The molecule has 164 valence electrons. The van der Waals surface area contributed by atoms with Crippen molar-refractivity contribution in [2.24, 2.45) is 10.1 Å². The number of hydrogen-bond donors (Lipinski definition) is 2. The van der Waals surface area contributed by atoms with E-state index in [0.717, 1.165) is 18.6 Å². The Morgan fingerprint density at radius 1 is 1.23 bits per heavy atom. The number of aliphatic hydroxyl groups is 1. The molecular formula is C21H24F2N6O2. The predicted octanol–water partition coefficient (Wildman–Crippen LogP) is 1.80. The number of β-amino-alcohol motifs (C(OH)–C–C–N with tert-alkyl or cyclic N) is 1. The van der Waals surface area contributed by atoms with Crippen LogP contribution in [0.2, 0.25) is 0 Å². The van der Waals surface area contributed by atoms with Crippen molar-refractivity contribution in [1.29, 1.82) is 0 Å². The van der Waals surface area contributed by atoms with E-state index in [2.05, 4.69) is 10.4 Å². The number of urea groups is 1. The van der Waals surface area contributed by atoms with E-state index in [1.165, 1.54) is 6.07 Å². The monoisotopic (exact) mass is 430 g/mol. The third-order valence-corrected chi connectivity index (χ3v) is 6.20. The molecule has 0 radical (unpaired) electrons. The smallest absolute Gasteiger partial charge is 0.318 e. The number of carbonyl (C=O) groups is 1. The molecule has 5 rings (SSSR count). The van der Waals surface area contributed by atoms with Gasteiger partial charge in [0.05, 0.1) is 18.4 Å². The molecule has 10 heteroatoms. The SMILES string of the molecule is O=C(NC1C=NN2C=CC(N3CCC[C@@H]3c3cc(F)ccc3F)=NC12)N1CC[C@@H](O)C1. The molecule has 1 aromatic rings. The number of carbonyl (C=O) groups excluding carboxylic acids is 1. The molecule has 1 aromatic carbocycles. The van der Waals surface area contributed by atoms with E-state index in [4.69, 9.17) is 4.99 Å². The van der Waals surface area contributed by atoms with Crippen molar-refractivity contribution in [3.05, 3.63) is 47.7 Å². The fourth-order valence-electron chi connectivity index (χ4n) is 4.62. The van der Waals surface area contributed by atoms with Crippen molar-refractivity contribution in [1.82, 2.24) is 20.1 Å². The average Bonchev–Trinajstić information content (AvgIpc) is 3.49. The van der Waals surface area contributed by atoms with Crippen molar-refractivity contribution >= 4 is 18.1 Å². The first kappa shape index (κ1) is 19.9. The maximum absolute atomic E-state index is 14.4. The number of amidine groups is 1. The Kier molecular flexibility index (Phi) is 5.09. The normalized spacial score (nSPS) is 29.5. The molecule has 4 aliphatic heterocycles. The van der Waals surface area contributed by atoms with E-state index in [1.54, 1.807) is 22.3 Å². The Labute approximate surface area is 178 Å². The quantitative estimate of drug-likeness (QED) is 0.750. The molecule has 2 saturated heterocycles. The number of likely N-dealkylation sites (tertiary alicyclic amines) is 2. The van der Waals surface area contributed by atoms with Gasteiger partial charge in [0, 0.05) is 31.4 Å². The Morgan fingerprint density at radius 3 is 2.90 bits per heavy atom. The molecule has 2 amide bonds. The van der Waals surface area contributed by atoms with Crippen LogP contribution in [0.3, 0.4) is 0 Å². The molecule has 4 atom stereocenters. The summed E-state index contributed by atoms with van der Waals surface area (Å²) in [5, 5.41) is 18.6. The minimum atomic E-state index is -0.489. The zero-order valence-corrected chi connectivity index (χ0v) is 16.9. The maximum atomic E-state index is 14.4. The van der Waals surface area contributed by atoms with E-state index in [-0.39, 0.29) is 12.1 Å². The van der Waals surface area contributed by atoms with Crippen LogP contribution in [0, 0.1) is 11.6 Å². The van der Waals surface area contributed by atoms with Crippen LogP contribution in [0.4, 0.5) is 13.6 Å². The molecule has 0 aromatic heterocycles. The molecule has 4 heterocycles. The zero-order valence-electron chi connectivity index (χ0n) is 16.9. The van der Waals surface area contributed by atoms with Crippen molar-refractivity contribution in [3.8, 4) is 0 Å². The van der Waals surface area contributed by atoms with Crippen LogP contribution in [-0.2, 0) is 0 Å². The van der Waals surface area contributed by atoms with Gasteiger partial charge in [-0.15, -0.1) is 0 Å². The van der Waals surface area contributed by atoms with Crippen LogP contribution in [-0.4, -0.2) is 75.9 Å². The average molecular weight is 430 g/mol. The summed E-state index contributed by atoms with van der Waals surface area (Å²) in [6, 6.07) is 2.54. The number of aliphatic hydroxyl groups excluding tert-OH is 1. The van der Waals surface area contributed by atoms with Gasteiger partial charge >= 0.3 is 6.03 Å². The van der Waals surface area contributed by atoms with Crippen molar-refractivity contribution in [2.45, 2.75) is 43.6 Å². The number of aliphatic imine (C=N–C) groups is 1. The molecule has 0 saturated carbocycles. The number of rotatable bonds is 2. The second kappa shape index (κ2) is 7.92. The Bertz CT molecular complexity index is 967. The summed E-state index contributed by atoms with van der Waals surface area (Å²) in [7, 11) is 0. The zero-order chi connectivity index (χ0) is 21.5. The van der Waals surface area contributed by atoms with Crippen molar-refractivity contribution in [3.63, 3.8) is 0 Å². The van der Waals surface area contributed by atoms with Crippen LogP contribution in [0.5, 0.6) is 0 Å². The topological polar surface area (TPSA) is 83.8 Å². The lowest BCUT2D eigenvalue weighted by molar-refractivity contribution is 0.169. The molecule has 31 heavy (non-hydrogen) atoms. The van der Waals surface area contributed by atoms with E-state index < -0.39 is 29.9 Å². The molecule has 0 bridgehead atoms. The van der Waals surface area contributed by atoms with E-state index in [9.17, 15) is 18.7 Å². The Morgan fingerprint density at radius 2 is 2.10 bits per heavy atom. The highest BCUT2D eigenvalue weighted by Gasteiger charge is 2.37. The van der Waals surface area contributed by atoms with Gasteiger partial charge in [-0.05, 0) is 43.5 Å². The number of halogens is 2. The van der Waals surface area contributed by atoms with Gasteiger partial charge in [0.2, 0.25) is 0 Å². The van der Waals surface area contributed by atoms with Gasteiger partial charge in [-0.3, -0.25) is 0 Å². The van der Waals surface area contributed by atoms with Gasteiger partial charge in [-0.1, -0.05) is 0 Å². The Hall–Kier alpha value is -3.01.